The Morgan fingerprint density at radius 3 is 2.87 bits per heavy atom. The van der Waals surface area contributed by atoms with E-state index in [-0.39, 0.29) is 17.9 Å². The van der Waals surface area contributed by atoms with Gasteiger partial charge in [0.2, 0.25) is 5.44 Å². The lowest BCUT2D eigenvalue weighted by atomic mass is 9.87. The minimum Gasteiger partial charge on any atom is -0.470 e. The van der Waals surface area contributed by atoms with E-state index in [4.69, 9.17) is 16.0 Å². The number of benzene rings is 1. The van der Waals surface area contributed by atoms with Crippen molar-refractivity contribution < 1.29 is 14.4 Å². The number of carbonyl (C=O) groups excluding carboxylic acids is 1. The molecule has 3 unspecified atom stereocenters. The molecule has 3 rings (SSSR count). The van der Waals surface area contributed by atoms with Crippen molar-refractivity contribution in [2.75, 3.05) is 6.26 Å². The van der Waals surface area contributed by atoms with E-state index in [1.54, 1.807) is 0 Å². The van der Waals surface area contributed by atoms with Crippen LogP contribution in [-0.4, -0.2) is 35.0 Å². The van der Waals surface area contributed by atoms with Crippen molar-refractivity contribution in [1.29, 1.82) is 0 Å². The average molecular weight is 437 g/mol. The van der Waals surface area contributed by atoms with Gasteiger partial charge in [-0.05, 0) is 69.0 Å². The molecule has 5 nitrogen and oxygen atoms in total. The van der Waals surface area contributed by atoms with Gasteiger partial charge >= 0.3 is 0 Å². The number of allylic oxidation sites excluding steroid dienone is 3. The molecule has 1 aromatic carbocycles. The Morgan fingerprint density at radius 1 is 1.45 bits per heavy atom. The van der Waals surface area contributed by atoms with Crippen LogP contribution in [0.1, 0.15) is 34.1 Å². The third-order valence-corrected chi connectivity index (χ3v) is 6.15. The number of oxime groups is 1. The molecule has 1 N–H and O–H groups in total. The van der Waals surface area contributed by atoms with Crippen molar-refractivity contribution in [1.82, 2.24) is 5.32 Å². The highest BCUT2D eigenvalue weighted by Crippen LogP contribution is 2.25. The van der Waals surface area contributed by atoms with Crippen LogP contribution >= 0.6 is 11.8 Å². The Hall–Kier alpha value is -2.87. The van der Waals surface area contributed by atoms with Gasteiger partial charge in [-0.15, -0.1) is 23.9 Å². The molecule has 1 aromatic rings. The van der Waals surface area contributed by atoms with Crippen molar-refractivity contribution in [2.45, 2.75) is 51.2 Å². The molecule has 1 aliphatic heterocycles. The normalized spacial score (nSPS) is 20.9. The number of terminal acetylenes is 1. The summed E-state index contributed by atoms with van der Waals surface area (Å²) in [6.45, 7) is 7.87. The van der Waals surface area contributed by atoms with Crippen molar-refractivity contribution in [2.24, 2.45) is 11.1 Å². The molecular formula is C25H28N2O3S. The van der Waals surface area contributed by atoms with Crippen molar-refractivity contribution in [3.63, 3.8) is 0 Å². The van der Waals surface area contributed by atoms with Crippen LogP contribution in [0.25, 0.3) is 11.8 Å². The Kier molecular flexibility index (Phi) is 7.00. The van der Waals surface area contributed by atoms with Crippen molar-refractivity contribution >= 4 is 35.2 Å². The van der Waals surface area contributed by atoms with Crippen LogP contribution in [0.4, 0.5) is 0 Å². The summed E-state index contributed by atoms with van der Waals surface area (Å²) >= 11 is 1.33. The highest BCUT2D eigenvalue weighted by atomic mass is 32.2. The summed E-state index contributed by atoms with van der Waals surface area (Å²) in [5, 5.41) is 9.08. The number of nitrogens with one attached hydrogen (secondary N) is 1. The number of amides is 1. The minimum absolute atomic E-state index is 0.00777. The second-order valence-electron chi connectivity index (χ2n) is 8.16. The number of rotatable bonds is 6. The fraction of sp³-hybridized carbons (Fsp3) is 0.400. The van der Waals surface area contributed by atoms with E-state index in [1.165, 1.54) is 11.8 Å². The monoisotopic (exact) mass is 436 g/mol. The highest BCUT2D eigenvalue weighted by Gasteiger charge is 2.39. The third kappa shape index (κ3) is 5.25. The lowest BCUT2D eigenvalue weighted by molar-refractivity contribution is -0.125. The first-order chi connectivity index (χ1) is 14.7. The Bertz CT molecular complexity index is 1120. The van der Waals surface area contributed by atoms with Gasteiger partial charge in [0.15, 0.2) is 0 Å². The first-order valence-corrected chi connectivity index (χ1v) is 11.5. The number of fused-ring (bicyclic) bond motifs is 1. The molecule has 0 radical (unpaired) electrons. The zero-order chi connectivity index (χ0) is 22.6. The second kappa shape index (κ2) is 9.51. The Balaban J connectivity index is 1.80. The smallest absolute Gasteiger partial charge is 0.272 e. The number of thioether (sulfide) groups is 1. The summed E-state index contributed by atoms with van der Waals surface area (Å²) in [6.07, 6.45) is 14.0. The quantitative estimate of drug-likeness (QED) is 0.550. The maximum atomic E-state index is 13.0. The molecule has 1 amide bonds. The number of hydrogen-bond donors (Lipinski definition) is 1. The summed E-state index contributed by atoms with van der Waals surface area (Å²) < 4.78 is 6.04. The molecule has 31 heavy (non-hydrogen) atoms. The van der Waals surface area contributed by atoms with Gasteiger partial charge in [0, 0.05) is 16.7 Å². The van der Waals surface area contributed by atoms with E-state index in [9.17, 15) is 4.79 Å². The average Bonchev–Trinajstić information content (AvgIpc) is 3.06. The summed E-state index contributed by atoms with van der Waals surface area (Å²) in [5.41, 5.74) is 3.52. The SMILES string of the molecule is C#CC1=CCC=C=c2ccc(OC(SC)C(=O)NC(C)(C)C3=NOC(C)C3C)cc2=C1. The number of nitrogens with zero attached hydrogens (tertiary/aromatic N) is 1. The van der Waals surface area contributed by atoms with E-state index >= 15 is 0 Å². The Morgan fingerprint density at radius 2 is 2.23 bits per heavy atom. The van der Waals surface area contributed by atoms with Crippen LogP contribution in [0.15, 0.2) is 41.1 Å². The summed E-state index contributed by atoms with van der Waals surface area (Å²) in [6, 6.07) is 5.64. The van der Waals surface area contributed by atoms with Crippen LogP contribution in [0.2, 0.25) is 0 Å². The predicted molar refractivity (Wildman–Crippen MR) is 127 cm³/mol. The van der Waals surface area contributed by atoms with E-state index in [2.05, 4.69) is 22.1 Å². The van der Waals surface area contributed by atoms with Crippen LogP contribution < -0.4 is 20.5 Å². The topological polar surface area (TPSA) is 59.9 Å². The molecule has 0 saturated carbocycles. The molecule has 0 bridgehead atoms. The Labute approximate surface area is 188 Å². The minimum atomic E-state index is -0.719. The van der Waals surface area contributed by atoms with E-state index < -0.39 is 11.0 Å². The molecule has 0 spiro atoms. The van der Waals surface area contributed by atoms with Gasteiger partial charge in [0.25, 0.3) is 5.91 Å². The molecule has 0 saturated heterocycles. The number of hydrogen-bond acceptors (Lipinski definition) is 5. The van der Waals surface area contributed by atoms with Crippen molar-refractivity contribution in [3.8, 4) is 18.1 Å². The first-order valence-electron chi connectivity index (χ1n) is 10.2. The van der Waals surface area contributed by atoms with Gasteiger partial charge in [-0.25, -0.2) is 0 Å². The van der Waals surface area contributed by atoms with E-state index in [0.29, 0.717) is 5.75 Å². The lowest BCUT2D eigenvalue weighted by Crippen LogP contribution is -2.54. The van der Waals surface area contributed by atoms with Crippen LogP contribution in [0, 0.1) is 18.3 Å². The van der Waals surface area contributed by atoms with Gasteiger partial charge in [-0.2, -0.15) is 0 Å². The predicted octanol–water partition coefficient (Wildman–Crippen LogP) is 2.74. The lowest BCUT2D eigenvalue weighted by Gasteiger charge is -2.30. The fourth-order valence-electron chi connectivity index (χ4n) is 3.53. The fourth-order valence-corrected chi connectivity index (χ4v) is 4.01. The van der Waals surface area contributed by atoms with E-state index in [0.717, 1.165) is 28.1 Å². The number of ether oxygens (including phenoxy) is 1. The van der Waals surface area contributed by atoms with Gasteiger partial charge in [0.05, 0.1) is 11.3 Å². The van der Waals surface area contributed by atoms with Crippen LogP contribution in [0.3, 0.4) is 0 Å². The molecule has 1 heterocycles. The maximum Gasteiger partial charge on any atom is 0.272 e. The summed E-state index contributed by atoms with van der Waals surface area (Å²) in [4.78, 5) is 18.4. The van der Waals surface area contributed by atoms with Crippen molar-refractivity contribution in [3.05, 3.63) is 46.4 Å². The van der Waals surface area contributed by atoms with Crippen LogP contribution in [0.5, 0.6) is 5.75 Å². The highest BCUT2D eigenvalue weighted by molar-refractivity contribution is 7.99. The van der Waals surface area contributed by atoms with Gasteiger partial charge in [-0.1, -0.05) is 24.1 Å². The van der Waals surface area contributed by atoms with Gasteiger partial charge in [-0.3, -0.25) is 4.79 Å². The second-order valence-corrected chi connectivity index (χ2v) is 9.06. The van der Waals surface area contributed by atoms with Crippen LogP contribution in [-0.2, 0) is 9.63 Å². The molecule has 2 aliphatic rings. The summed E-state index contributed by atoms with van der Waals surface area (Å²) in [7, 11) is 0. The van der Waals surface area contributed by atoms with E-state index in [1.807, 2.05) is 70.4 Å². The molecule has 3 atom stereocenters. The molecule has 162 valence electrons. The maximum absolute atomic E-state index is 13.0. The van der Waals surface area contributed by atoms with Gasteiger partial charge in [0.1, 0.15) is 11.9 Å². The zero-order valence-corrected chi connectivity index (χ0v) is 19.4. The third-order valence-electron chi connectivity index (χ3n) is 5.41. The standard InChI is InChI=1S/C25H28N2O3S/c1-7-18-10-8-9-11-19-12-13-21(15-20(19)14-18)29-24(31-6)23(28)26-25(4,5)22-16(2)17(3)30-27-22/h1,9-10,12-17,24H,8H2,2-6H3,(H,26,28). The largest absolute Gasteiger partial charge is 0.470 e. The molecule has 1 aliphatic carbocycles. The molecule has 0 aromatic heterocycles. The molecule has 0 fully saturated rings. The number of carbonyl (C=O) groups is 1. The summed E-state index contributed by atoms with van der Waals surface area (Å²) in [5.74, 6) is 3.17. The first kappa shape index (κ1) is 22.8. The zero-order valence-electron chi connectivity index (χ0n) is 18.6. The molecular weight excluding hydrogens is 408 g/mol. The van der Waals surface area contributed by atoms with Gasteiger partial charge < -0.3 is 14.9 Å². The molecule has 6 heteroatoms.